The number of rotatable bonds is 4. The molecule has 1 aliphatic heterocycles. The lowest BCUT2D eigenvalue weighted by Crippen LogP contribution is -2.29. The van der Waals surface area contributed by atoms with Gasteiger partial charge in [0, 0.05) is 42.9 Å². The monoisotopic (exact) mass is 372 g/mol. The number of carbonyl (C=O) groups excluding carboxylic acids is 1. The van der Waals surface area contributed by atoms with Gasteiger partial charge >= 0.3 is 0 Å². The summed E-state index contributed by atoms with van der Waals surface area (Å²) in [5.74, 6) is 0.479. The second-order valence-electron chi connectivity index (χ2n) is 6.40. The summed E-state index contributed by atoms with van der Waals surface area (Å²) in [4.78, 5) is 26.0. The van der Waals surface area contributed by atoms with Crippen molar-refractivity contribution < 1.29 is 9.53 Å². The number of carbonyl (C=O) groups is 1. The Morgan fingerprint density at radius 2 is 2.08 bits per heavy atom. The maximum atomic E-state index is 12.4. The highest BCUT2D eigenvalue weighted by atomic mass is 35.5. The number of hydrogen-bond donors (Lipinski definition) is 0. The van der Waals surface area contributed by atoms with Crippen LogP contribution < -0.4 is 10.3 Å². The molecule has 0 bridgehead atoms. The van der Waals surface area contributed by atoms with Crippen molar-refractivity contribution in [1.29, 1.82) is 0 Å². The van der Waals surface area contributed by atoms with Crippen molar-refractivity contribution in [2.24, 2.45) is 7.05 Å². The molecule has 1 unspecified atom stereocenters. The molecule has 26 heavy (non-hydrogen) atoms. The smallest absolute Gasteiger partial charge is 0.254 e. The van der Waals surface area contributed by atoms with Crippen molar-refractivity contribution in [1.82, 2.24) is 9.47 Å². The zero-order valence-corrected chi connectivity index (χ0v) is 15.6. The molecule has 0 spiro atoms. The van der Waals surface area contributed by atoms with Crippen molar-refractivity contribution in [3.05, 3.63) is 69.1 Å². The van der Waals surface area contributed by atoms with Crippen LogP contribution in [-0.4, -0.2) is 34.6 Å². The summed E-state index contributed by atoms with van der Waals surface area (Å²) in [6.45, 7) is 2.98. The Morgan fingerprint density at radius 1 is 1.31 bits per heavy atom. The van der Waals surface area contributed by atoms with Crippen molar-refractivity contribution in [3.63, 3.8) is 0 Å². The predicted octanol–water partition coefficient (Wildman–Crippen LogP) is 3.04. The molecular weight excluding hydrogens is 352 g/mol. The maximum absolute atomic E-state index is 12.4. The van der Waals surface area contributed by atoms with Gasteiger partial charge in [-0.15, -0.1) is 0 Å². The molecule has 1 saturated heterocycles. The number of ether oxygens (including phenoxy) is 1. The topological polar surface area (TPSA) is 51.5 Å². The van der Waals surface area contributed by atoms with Crippen LogP contribution >= 0.6 is 11.6 Å². The van der Waals surface area contributed by atoms with E-state index in [1.54, 1.807) is 28.7 Å². The van der Waals surface area contributed by atoms with Gasteiger partial charge in [-0.05, 0) is 30.7 Å². The summed E-state index contributed by atoms with van der Waals surface area (Å²) < 4.78 is 7.47. The molecule has 1 aromatic carbocycles. The minimum atomic E-state index is -0.112. The summed E-state index contributed by atoms with van der Waals surface area (Å²) >= 11 is 6.09. The van der Waals surface area contributed by atoms with Crippen molar-refractivity contribution in [2.75, 3.05) is 13.1 Å². The van der Waals surface area contributed by atoms with Crippen LogP contribution in [0.25, 0.3) is 6.08 Å². The van der Waals surface area contributed by atoms with Crippen LogP contribution in [0.15, 0.2) is 47.3 Å². The van der Waals surface area contributed by atoms with Crippen LogP contribution in [0.2, 0.25) is 5.02 Å². The lowest BCUT2D eigenvalue weighted by Gasteiger charge is -2.16. The average molecular weight is 373 g/mol. The Labute approximate surface area is 157 Å². The number of nitrogens with zero attached hydrogens (tertiary/aromatic N) is 2. The predicted molar refractivity (Wildman–Crippen MR) is 103 cm³/mol. The Hall–Kier alpha value is -2.53. The van der Waals surface area contributed by atoms with Gasteiger partial charge in [-0.1, -0.05) is 29.8 Å². The molecule has 0 N–H and O–H groups in total. The van der Waals surface area contributed by atoms with Gasteiger partial charge in [0.25, 0.3) is 5.56 Å². The molecule has 1 aromatic heterocycles. The van der Waals surface area contributed by atoms with Gasteiger partial charge in [0.2, 0.25) is 5.91 Å². The van der Waals surface area contributed by atoms with Gasteiger partial charge in [-0.2, -0.15) is 0 Å². The Morgan fingerprint density at radius 3 is 2.81 bits per heavy atom. The third kappa shape index (κ3) is 4.17. The molecule has 136 valence electrons. The molecule has 0 saturated carbocycles. The van der Waals surface area contributed by atoms with Crippen LogP contribution in [0.5, 0.6) is 5.75 Å². The number of amides is 1. The maximum Gasteiger partial charge on any atom is 0.254 e. The summed E-state index contributed by atoms with van der Waals surface area (Å²) in [6, 6.07) is 10.7. The van der Waals surface area contributed by atoms with E-state index in [0.717, 1.165) is 17.7 Å². The van der Waals surface area contributed by atoms with E-state index in [-0.39, 0.29) is 17.6 Å². The number of benzene rings is 1. The Kier molecular flexibility index (Phi) is 5.47. The minimum Gasteiger partial charge on any atom is -0.488 e. The SMILES string of the molecule is Cc1cc(OC2CCN(C(=O)/C=C/c3ccccc3Cl)C2)cc(=O)n1C. The first-order chi connectivity index (χ1) is 12.4. The molecule has 1 fully saturated rings. The molecule has 3 rings (SSSR count). The summed E-state index contributed by atoms with van der Waals surface area (Å²) in [5, 5.41) is 0.611. The standard InChI is InChI=1S/C20H21ClN2O3/c1-14-11-17(12-20(25)22(14)2)26-16-9-10-23(13-16)19(24)8-7-15-5-3-4-6-18(15)21/h3-8,11-12,16H,9-10,13H2,1-2H3/b8-7+. The molecule has 1 aliphatic rings. The van der Waals surface area contributed by atoms with Crippen molar-refractivity contribution in [3.8, 4) is 5.75 Å². The number of hydrogen-bond acceptors (Lipinski definition) is 3. The lowest BCUT2D eigenvalue weighted by atomic mass is 10.2. The fourth-order valence-electron chi connectivity index (χ4n) is 2.90. The van der Waals surface area contributed by atoms with Gasteiger partial charge < -0.3 is 14.2 Å². The minimum absolute atomic E-state index is 0.0730. The first-order valence-corrected chi connectivity index (χ1v) is 8.87. The summed E-state index contributed by atoms with van der Waals surface area (Å²) in [6.07, 6.45) is 3.88. The largest absolute Gasteiger partial charge is 0.488 e. The van der Waals surface area contributed by atoms with E-state index in [9.17, 15) is 9.59 Å². The zero-order valence-electron chi connectivity index (χ0n) is 14.8. The molecular formula is C20H21ClN2O3. The van der Waals surface area contributed by atoms with Gasteiger partial charge in [-0.3, -0.25) is 9.59 Å². The average Bonchev–Trinajstić information content (AvgIpc) is 3.07. The number of aromatic nitrogens is 1. The number of aryl methyl sites for hydroxylation is 1. The van der Waals surface area contributed by atoms with Crippen LogP contribution in [0.1, 0.15) is 17.7 Å². The normalized spacial score (nSPS) is 17.0. The van der Waals surface area contributed by atoms with Gasteiger partial charge in [0.1, 0.15) is 11.9 Å². The second-order valence-corrected chi connectivity index (χ2v) is 6.80. The van der Waals surface area contributed by atoms with Crippen LogP contribution in [0, 0.1) is 6.92 Å². The summed E-state index contributed by atoms with van der Waals surface area (Å²) in [5.41, 5.74) is 1.54. The van der Waals surface area contributed by atoms with E-state index in [2.05, 4.69) is 0 Å². The molecule has 1 atom stereocenters. The molecule has 1 amide bonds. The number of halogens is 1. The van der Waals surface area contributed by atoms with Gasteiger partial charge in [-0.25, -0.2) is 0 Å². The fraction of sp³-hybridized carbons (Fsp3) is 0.300. The fourth-order valence-corrected chi connectivity index (χ4v) is 3.10. The highest BCUT2D eigenvalue weighted by Crippen LogP contribution is 2.20. The van der Waals surface area contributed by atoms with E-state index in [0.29, 0.717) is 23.9 Å². The Bertz CT molecular complexity index is 904. The van der Waals surface area contributed by atoms with E-state index >= 15 is 0 Å². The lowest BCUT2D eigenvalue weighted by molar-refractivity contribution is -0.125. The van der Waals surface area contributed by atoms with Gasteiger partial charge in [0.15, 0.2) is 0 Å². The zero-order chi connectivity index (χ0) is 18.7. The van der Waals surface area contributed by atoms with Crippen LogP contribution in [-0.2, 0) is 11.8 Å². The molecule has 5 nitrogen and oxygen atoms in total. The summed E-state index contributed by atoms with van der Waals surface area (Å²) in [7, 11) is 1.72. The molecule has 6 heteroatoms. The van der Waals surface area contributed by atoms with E-state index in [4.69, 9.17) is 16.3 Å². The Balaban J connectivity index is 1.61. The number of pyridine rings is 1. The van der Waals surface area contributed by atoms with E-state index in [1.165, 1.54) is 12.1 Å². The third-order valence-electron chi connectivity index (χ3n) is 4.55. The highest BCUT2D eigenvalue weighted by molar-refractivity contribution is 6.32. The van der Waals surface area contributed by atoms with E-state index in [1.807, 2.05) is 31.2 Å². The molecule has 2 heterocycles. The third-order valence-corrected chi connectivity index (χ3v) is 4.89. The first-order valence-electron chi connectivity index (χ1n) is 8.50. The molecule has 2 aromatic rings. The van der Waals surface area contributed by atoms with Gasteiger partial charge in [0.05, 0.1) is 6.54 Å². The van der Waals surface area contributed by atoms with Crippen LogP contribution in [0.3, 0.4) is 0 Å². The van der Waals surface area contributed by atoms with E-state index < -0.39 is 0 Å². The number of likely N-dealkylation sites (tertiary alicyclic amines) is 1. The van der Waals surface area contributed by atoms with Crippen molar-refractivity contribution in [2.45, 2.75) is 19.4 Å². The van der Waals surface area contributed by atoms with Crippen LogP contribution in [0.4, 0.5) is 0 Å². The molecule has 0 radical (unpaired) electrons. The first kappa shape index (κ1) is 18.3. The van der Waals surface area contributed by atoms with Crippen molar-refractivity contribution >= 4 is 23.6 Å². The second kappa shape index (κ2) is 7.79. The quantitative estimate of drug-likeness (QED) is 0.775. The highest BCUT2D eigenvalue weighted by Gasteiger charge is 2.26. The molecule has 0 aliphatic carbocycles.